The van der Waals surface area contributed by atoms with Gasteiger partial charge in [0.25, 0.3) is 0 Å². The van der Waals surface area contributed by atoms with Gasteiger partial charge in [-0.05, 0) is 43.2 Å². The maximum Gasteiger partial charge on any atom is 0.161 e. The normalized spacial score (nSPS) is 14.7. The van der Waals surface area contributed by atoms with E-state index >= 15 is 0 Å². The van der Waals surface area contributed by atoms with Crippen LogP contribution < -0.4 is 14.8 Å². The largest absolute Gasteiger partial charge is 0.486 e. The number of fused-ring (bicyclic) bond motifs is 1. The molecule has 1 aromatic rings. The highest BCUT2D eigenvalue weighted by Crippen LogP contribution is 2.30. The molecule has 18 heavy (non-hydrogen) atoms. The molecule has 1 heterocycles. The molecule has 0 spiro atoms. The Labute approximate surface area is 113 Å². The van der Waals surface area contributed by atoms with E-state index in [1.807, 2.05) is 13.0 Å². The molecule has 3 nitrogen and oxygen atoms in total. The third kappa shape index (κ3) is 3.65. The molecule has 98 valence electrons. The second-order valence-electron chi connectivity index (χ2n) is 4.36. The molecule has 0 bridgehead atoms. The van der Waals surface area contributed by atoms with E-state index in [9.17, 15) is 0 Å². The fourth-order valence-electron chi connectivity index (χ4n) is 1.80. The molecular weight excluding hydrogens is 250 g/mol. The SMILES string of the molecule is C/C(=C/Cl)CNCCc1ccc2c(c1)OCCO2. The number of hydrogen-bond acceptors (Lipinski definition) is 3. The Balaban J connectivity index is 1.83. The smallest absolute Gasteiger partial charge is 0.161 e. The highest BCUT2D eigenvalue weighted by molar-refractivity contribution is 6.25. The van der Waals surface area contributed by atoms with Crippen LogP contribution in [0.5, 0.6) is 11.5 Å². The van der Waals surface area contributed by atoms with E-state index in [1.54, 1.807) is 5.54 Å². The first kappa shape index (κ1) is 13.2. The molecule has 0 radical (unpaired) electrons. The molecule has 1 N–H and O–H groups in total. The van der Waals surface area contributed by atoms with Crippen LogP contribution in [0.25, 0.3) is 0 Å². The third-order valence-electron chi connectivity index (χ3n) is 2.79. The summed E-state index contributed by atoms with van der Waals surface area (Å²) in [5.41, 5.74) is 4.00. The average molecular weight is 268 g/mol. The van der Waals surface area contributed by atoms with E-state index in [-0.39, 0.29) is 0 Å². The van der Waals surface area contributed by atoms with Gasteiger partial charge in [0, 0.05) is 12.1 Å². The van der Waals surface area contributed by atoms with E-state index in [2.05, 4.69) is 17.4 Å². The van der Waals surface area contributed by atoms with Crippen LogP contribution in [0.15, 0.2) is 29.3 Å². The van der Waals surface area contributed by atoms with Crippen molar-refractivity contribution in [1.29, 1.82) is 0 Å². The molecule has 0 atom stereocenters. The van der Waals surface area contributed by atoms with Gasteiger partial charge >= 0.3 is 0 Å². The summed E-state index contributed by atoms with van der Waals surface area (Å²) < 4.78 is 11.0. The van der Waals surface area contributed by atoms with Gasteiger partial charge in [0.1, 0.15) is 13.2 Å². The summed E-state index contributed by atoms with van der Waals surface area (Å²) in [6, 6.07) is 6.12. The maximum absolute atomic E-state index is 5.59. The van der Waals surface area contributed by atoms with Gasteiger partial charge in [-0.1, -0.05) is 17.7 Å². The second kappa shape index (κ2) is 6.66. The lowest BCUT2D eigenvalue weighted by atomic mass is 10.1. The summed E-state index contributed by atoms with van der Waals surface area (Å²) in [6.45, 7) is 5.02. The van der Waals surface area contributed by atoms with Gasteiger partial charge in [-0.3, -0.25) is 0 Å². The zero-order valence-electron chi connectivity index (χ0n) is 10.5. The van der Waals surface area contributed by atoms with Crippen LogP contribution in [0.1, 0.15) is 12.5 Å². The molecule has 1 aliphatic rings. The minimum Gasteiger partial charge on any atom is -0.486 e. The fraction of sp³-hybridized carbons (Fsp3) is 0.429. The Morgan fingerprint density at radius 3 is 2.89 bits per heavy atom. The van der Waals surface area contributed by atoms with Crippen molar-refractivity contribution < 1.29 is 9.47 Å². The van der Waals surface area contributed by atoms with Crippen LogP contribution in [0.2, 0.25) is 0 Å². The molecule has 0 saturated heterocycles. The van der Waals surface area contributed by atoms with Gasteiger partial charge in [0.05, 0.1) is 0 Å². The van der Waals surface area contributed by atoms with Crippen LogP contribution in [-0.4, -0.2) is 26.3 Å². The first-order valence-corrected chi connectivity index (χ1v) is 6.58. The number of halogens is 1. The van der Waals surface area contributed by atoms with Crippen molar-refractivity contribution in [1.82, 2.24) is 5.32 Å². The van der Waals surface area contributed by atoms with E-state index in [0.717, 1.165) is 36.6 Å². The van der Waals surface area contributed by atoms with Gasteiger partial charge in [0.2, 0.25) is 0 Å². The second-order valence-corrected chi connectivity index (χ2v) is 4.58. The zero-order chi connectivity index (χ0) is 12.8. The Bertz CT molecular complexity index is 432. The molecular formula is C14H18ClNO2. The molecule has 1 aliphatic heterocycles. The first-order valence-electron chi connectivity index (χ1n) is 6.14. The highest BCUT2D eigenvalue weighted by Gasteiger charge is 2.11. The summed E-state index contributed by atoms with van der Waals surface area (Å²) in [4.78, 5) is 0. The summed E-state index contributed by atoms with van der Waals surface area (Å²) in [5.74, 6) is 1.70. The lowest BCUT2D eigenvalue weighted by Crippen LogP contribution is -2.19. The van der Waals surface area contributed by atoms with Crippen LogP contribution >= 0.6 is 11.6 Å². The van der Waals surface area contributed by atoms with Crippen molar-refractivity contribution >= 4 is 11.6 Å². The van der Waals surface area contributed by atoms with Crippen molar-refractivity contribution in [2.75, 3.05) is 26.3 Å². The minimum atomic E-state index is 0.633. The quantitative estimate of drug-likeness (QED) is 0.832. The van der Waals surface area contributed by atoms with E-state index < -0.39 is 0 Å². The van der Waals surface area contributed by atoms with Gasteiger partial charge in [-0.25, -0.2) is 0 Å². The zero-order valence-corrected chi connectivity index (χ0v) is 11.3. The average Bonchev–Trinajstić information content (AvgIpc) is 2.43. The number of ether oxygens (including phenoxy) is 2. The van der Waals surface area contributed by atoms with Crippen LogP contribution in [0.3, 0.4) is 0 Å². The van der Waals surface area contributed by atoms with E-state index in [0.29, 0.717) is 13.2 Å². The van der Waals surface area contributed by atoms with Crippen LogP contribution in [0.4, 0.5) is 0 Å². The van der Waals surface area contributed by atoms with Crippen LogP contribution in [-0.2, 0) is 6.42 Å². The van der Waals surface area contributed by atoms with Crippen LogP contribution in [0, 0.1) is 0 Å². The van der Waals surface area contributed by atoms with E-state index in [1.165, 1.54) is 5.56 Å². The highest BCUT2D eigenvalue weighted by atomic mass is 35.5. The summed E-state index contributed by atoms with van der Waals surface area (Å²) in [5, 5.41) is 3.34. The third-order valence-corrected chi connectivity index (χ3v) is 3.16. The molecule has 0 saturated carbocycles. The van der Waals surface area contributed by atoms with E-state index in [4.69, 9.17) is 21.1 Å². The maximum atomic E-state index is 5.59. The molecule has 0 aliphatic carbocycles. The van der Waals surface area contributed by atoms with Crippen molar-refractivity contribution in [3.63, 3.8) is 0 Å². The van der Waals surface area contributed by atoms with Crippen molar-refractivity contribution in [2.45, 2.75) is 13.3 Å². The Morgan fingerprint density at radius 2 is 2.11 bits per heavy atom. The van der Waals surface area contributed by atoms with Gasteiger partial charge < -0.3 is 14.8 Å². The number of benzene rings is 1. The number of nitrogens with one attached hydrogen (secondary N) is 1. The lowest BCUT2D eigenvalue weighted by Gasteiger charge is -2.18. The van der Waals surface area contributed by atoms with Crippen molar-refractivity contribution in [2.24, 2.45) is 0 Å². The number of rotatable bonds is 5. The molecule has 0 amide bonds. The first-order chi connectivity index (χ1) is 8.79. The molecule has 2 rings (SSSR count). The van der Waals surface area contributed by atoms with Crippen molar-refractivity contribution in [3.05, 3.63) is 34.9 Å². The fourth-order valence-corrected chi connectivity index (χ4v) is 1.88. The summed E-state index contributed by atoms with van der Waals surface area (Å²) >= 11 is 5.59. The predicted molar refractivity (Wildman–Crippen MR) is 73.6 cm³/mol. The topological polar surface area (TPSA) is 30.5 Å². The number of hydrogen-bond donors (Lipinski definition) is 1. The monoisotopic (exact) mass is 267 g/mol. The molecule has 4 heteroatoms. The van der Waals surface area contributed by atoms with Gasteiger partial charge in [-0.2, -0.15) is 0 Å². The predicted octanol–water partition coefficient (Wildman–Crippen LogP) is 2.73. The molecule has 0 unspecified atom stereocenters. The molecule has 0 aromatic heterocycles. The molecule has 1 aromatic carbocycles. The Morgan fingerprint density at radius 1 is 1.33 bits per heavy atom. The van der Waals surface area contributed by atoms with Gasteiger partial charge in [0.15, 0.2) is 11.5 Å². The minimum absolute atomic E-state index is 0.633. The van der Waals surface area contributed by atoms with Crippen molar-refractivity contribution in [3.8, 4) is 11.5 Å². The Kier molecular flexibility index (Phi) is 4.90. The standard InChI is InChI=1S/C14H18ClNO2/c1-11(9-15)10-16-5-4-12-2-3-13-14(8-12)18-7-6-17-13/h2-3,8-9,16H,4-7,10H2,1H3/b11-9-. The summed E-state index contributed by atoms with van der Waals surface area (Å²) in [6.07, 6.45) is 0.964. The summed E-state index contributed by atoms with van der Waals surface area (Å²) in [7, 11) is 0. The molecule has 0 fully saturated rings. The Hall–Kier alpha value is -1.19. The lowest BCUT2D eigenvalue weighted by molar-refractivity contribution is 0.171. The van der Waals surface area contributed by atoms with Gasteiger partial charge in [-0.15, -0.1) is 0 Å².